The van der Waals surface area contributed by atoms with E-state index in [0.717, 1.165) is 30.3 Å². The first-order valence-corrected chi connectivity index (χ1v) is 12.1. The molecule has 31 heavy (non-hydrogen) atoms. The van der Waals surface area contributed by atoms with Gasteiger partial charge in [0.15, 0.2) is 5.65 Å². The summed E-state index contributed by atoms with van der Waals surface area (Å²) in [6, 6.07) is 0.431. The number of piperidine rings is 1. The molecule has 0 saturated carbocycles. The van der Waals surface area contributed by atoms with E-state index in [9.17, 15) is 14.4 Å². The van der Waals surface area contributed by atoms with Crippen molar-refractivity contribution in [2.75, 3.05) is 5.75 Å². The van der Waals surface area contributed by atoms with E-state index in [1.165, 1.54) is 18.8 Å². The molecule has 2 unspecified atom stereocenters. The molecular weight excluding hydrogens is 414 g/mol. The quantitative estimate of drug-likeness (QED) is 0.500. The number of aromatic nitrogens is 4. The van der Waals surface area contributed by atoms with Crippen LogP contribution < -0.4 is 11.2 Å². The first kappa shape index (κ1) is 23.5. The number of aryl methyl sites for hydroxylation is 1. The van der Waals surface area contributed by atoms with Crippen molar-refractivity contribution >= 4 is 28.7 Å². The van der Waals surface area contributed by atoms with Gasteiger partial charge in [0.25, 0.3) is 5.56 Å². The molecule has 1 amide bonds. The molecule has 0 N–H and O–H groups in total. The van der Waals surface area contributed by atoms with Crippen LogP contribution in [-0.2, 0) is 18.4 Å². The molecule has 1 aliphatic rings. The fourth-order valence-electron chi connectivity index (χ4n) is 4.26. The highest BCUT2D eigenvalue weighted by molar-refractivity contribution is 8.00. The van der Waals surface area contributed by atoms with Crippen LogP contribution >= 0.6 is 11.8 Å². The van der Waals surface area contributed by atoms with E-state index in [0.29, 0.717) is 28.4 Å². The predicted octanol–water partition coefficient (Wildman–Crippen LogP) is 2.91. The van der Waals surface area contributed by atoms with Crippen molar-refractivity contribution < 1.29 is 4.79 Å². The van der Waals surface area contributed by atoms with Crippen LogP contribution in [0, 0.1) is 0 Å². The summed E-state index contributed by atoms with van der Waals surface area (Å²) in [5.41, 5.74) is -0.434. The van der Waals surface area contributed by atoms with E-state index in [1.54, 1.807) is 4.57 Å². The number of carbonyl (C=O) groups excluding carboxylic acids is 1. The lowest BCUT2D eigenvalue weighted by atomic mass is 9.98. The Labute approximate surface area is 187 Å². The standard InChI is InChI=1S/C22H33N5O3S/c1-7-11-26-19-17(21(29)25(6)22(26)30)20(24-18(23-19)13(2)3)31-12-16(28)27-14(4)9-8-10-15(27)5/h13-15H,7-12H2,1-6H3. The van der Waals surface area contributed by atoms with Gasteiger partial charge in [-0.2, -0.15) is 0 Å². The van der Waals surface area contributed by atoms with Crippen molar-refractivity contribution in [3.63, 3.8) is 0 Å². The molecule has 0 radical (unpaired) electrons. The molecule has 2 aromatic heterocycles. The van der Waals surface area contributed by atoms with E-state index in [1.807, 2.05) is 25.7 Å². The van der Waals surface area contributed by atoms with Crippen molar-refractivity contribution in [2.24, 2.45) is 7.05 Å². The maximum Gasteiger partial charge on any atom is 0.332 e. The van der Waals surface area contributed by atoms with Gasteiger partial charge in [0.2, 0.25) is 5.91 Å². The second-order valence-electron chi connectivity index (χ2n) is 8.76. The summed E-state index contributed by atoms with van der Waals surface area (Å²) in [5, 5.41) is 0.794. The smallest absolute Gasteiger partial charge is 0.332 e. The van der Waals surface area contributed by atoms with Crippen LogP contribution in [0.15, 0.2) is 14.6 Å². The summed E-state index contributed by atoms with van der Waals surface area (Å²) in [6.45, 7) is 10.6. The molecule has 170 valence electrons. The Balaban J connectivity index is 2.07. The largest absolute Gasteiger partial charge is 0.337 e. The zero-order valence-electron chi connectivity index (χ0n) is 19.3. The molecule has 0 aliphatic carbocycles. The summed E-state index contributed by atoms with van der Waals surface area (Å²) in [4.78, 5) is 50.0. The first-order chi connectivity index (χ1) is 14.7. The Morgan fingerprint density at radius 2 is 1.81 bits per heavy atom. The first-order valence-electron chi connectivity index (χ1n) is 11.1. The number of carbonyl (C=O) groups is 1. The minimum atomic E-state index is -0.419. The van der Waals surface area contributed by atoms with E-state index in [4.69, 9.17) is 0 Å². The van der Waals surface area contributed by atoms with Crippen LogP contribution in [0.4, 0.5) is 0 Å². The summed E-state index contributed by atoms with van der Waals surface area (Å²) in [5.74, 6) is 0.853. The van der Waals surface area contributed by atoms with Gasteiger partial charge in [-0.05, 0) is 39.5 Å². The lowest BCUT2D eigenvalue weighted by Crippen LogP contribution is -2.48. The fourth-order valence-corrected chi connectivity index (χ4v) is 5.15. The van der Waals surface area contributed by atoms with Crippen molar-refractivity contribution in [2.45, 2.75) is 89.9 Å². The SMILES string of the molecule is CCCn1c(=O)n(C)c(=O)c2c(SCC(=O)N3C(C)CCCC3C)nc(C(C)C)nc21. The van der Waals surface area contributed by atoms with E-state index in [-0.39, 0.29) is 35.4 Å². The number of fused-ring (bicyclic) bond motifs is 1. The van der Waals surface area contributed by atoms with Gasteiger partial charge in [0, 0.05) is 31.6 Å². The molecular formula is C22H33N5O3S. The lowest BCUT2D eigenvalue weighted by Gasteiger charge is -2.39. The average Bonchev–Trinajstić information content (AvgIpc) is 2.72. The fraction of sp³-hybridized carbons (Fsp3) is 0.682. The Morgan fingerprint density at radius 3 is 2.39 bits per heavy atom. The molecule has 3 heterocycles. The molecule has 1 saturated heterocycles. The van der Waals surface area contributed by atoms with Gasteiger partial charge in [-0.25, -0.2) is 14.8 Å². The highest BCUT2D eigenvalue weighted by atomic mass is 32.2. The molecule has 9 heteroatoms. The third-order valence-electron chi connectivity index (χ3n) is 5.94. The lowest BCUT2D eigenvalue weighted by molar-refractivity contribution is -0.134. The molecule has 3 rings (SSSR count). The molecule has 1 aliphatic heterocycles. The average molecular weight is 448 g/mol. The van der Waals surface area contributed by atoms with Crippen molar-refractivity contribution in [3.8, 4) is 0 Å². The van der Waals surface area contributed by atoms with Crippen molar-refractivity contribution in [1.82, 2.24) is 24.0 Å². The molecule has 1 fully saturated rings. The molecule has 8 nitrogen and oxygen atoms in total. The normalized spacial score (nSPS) is 19.4. The molecule has 2 atom stereocenters. The van der Waals surface area contributed by atoms with Crippen LogP contribution in [0.1, 0.15) is 72.0 Å². The molecule has 0 spiro atoms. The molecule has 0 aromatic carbocycles. The maximum atomic E-state index is 13.0. The van der Waals surface area contributed by atoms with Crippen LogP contribution in [-0.4, -0.2) is 47.7 Å². The van der Waals surface area contributed by atoms with Gasteiger partial charge in [-0.1, -0.05) is 32.5 Å². The monoisotopic (exact) mass is 447 g/mol. The highest BCUT2D eigenvalue weighted by Crippen LogP contribution is 2.28. The third-order valence-corrected chi connectivity index (χ3v) is 6.90. The van der Waals surface area contributed by atoms with Gasteiger partial charge in [0.1, 0.15) is 16.2 Å². The van der Waals surface area contributed by atoms with Crippen LogP contribution in [0.2, 0.25) is 0 Å². The number of hydrogen-bond donors (Lipinski definition) is 0. The number of thioether (sulfide) groups is 1. The summed E-state index contributed by atoms with van der Waals surface area (Å²) in [7, 11) is 1.48. The van der Waals surface area contributed by atoms with Crippen molar-refractivity contribution in [3.05, 3.63) is 26.7 Å². The zero-order valence-corrected chi connectivity index (χ0v) is 20.2. The second-order valence-corrected chi connectivity index (χ2v) is 9.72. The van der Waals surface area contributed by atoms with Crippen LogP contribution in [0.3, 0.4) is 0 Å². The highest BCUT2D eigenvalue weighted by Gasteiger charge is 2.29. The second kappa shape index (κ2) is 9.54. The van der Waals surface area contributed by atoms with Crippen LogP contribution in [0.5, 0.6) is 0 Å². The van der Waals surface area contributed by atoms with E-state index >= 15 is 0 Å². The number of likely N-dealkylation sites (tertiary alicyclic amines) is 1. The van der Waals surface area contributed by atoms with E-state index < -0.39 is 5.56 Å². The minimum absolute atomic E-state index is 0.0239. The minimum Gasteiger partial charge on any atom is -0.337 e. The number of nitrogens with zero attached hydrogens (tertiary/aromatic N) is 5. The number of rotatable bonds is 6. The maximum absolute atomic E-state index is 13.0. The van der Waals surface area contributed by atoms with Gasteiger partial charge < -0.3 is 4.90 Å². The Kier molecular flexibility index (Phi) is 7.24. The topological polar surface area (TPSA) is 90.1 Å². The van der Waals surface area contributed by atoms with Crippen molar-refractivity contribution in [1.29, 1.82) is 0 Å². The predicted molar refractivity (Wildman–Crippen MR) is 124 cm³/mol. The Morgan fingerprint density at radius 1 is 1.16 bits per heavy atom. The molecule has 0 bridgehead atoms. The third kappa shape index (κ3) is 4.56. The number of amides is 1. The van der Waals surface area contributed by atoms with Gasteiger partial charge in [0.05, 0.1) is 5.75 Å². The Bertz CT molecular complexity index is 1080. The van der Waals surface area contributed by atoms with Gasteiger partial charge >= 0.3 is 5.69 Å². The van der Waals surface area contributed by atoms with Gasteiger partial charge in [-0.3, -0.25) is 18.7 Å². The van der Waals surface area contributed by atoms with E-state index in [2.05, 4.69) is 23.8 Å². The zero-order chi connectivity index (χ0) is 22.9. The van der Waals surface area contributed by atoms with Gasteiger partial charge in [-0.15, -0.1) is 0 Å². The van der Waals surface area contributed by atoms with Crippen LogP contribution in [0.25, 0.3) is 11.0 Å². The summed E-state index contributed by atoms with van der Waals surface area (Å²) < 4.78 is 2.65. The Hall–Kier alpha value is -2.16. The summed E-state index contributed by atoms with van der Waals surface area (Å²) in [6.07, 6.45) is 3.90. The molecule has 2 aromatic rings. The number of hydrogen-bond acceptors (Lipinski definition) is 6. The summed E-state index contributed by atoms with van der Waals surface area (Å²) >= 11 is 1.27.